The van der Waals surface area contributed by atoms with E-state index in [1.807, 2.05) is 34.4 Å². The van der Waals surface area contributed by atoms with Crippen LogP contribution in [-0.2, 0) is 0 Å². The monoisotopic (exact) mass is 330 g/mol. The number of fused-ring (bicyclic) bond motifs is 1. The lowest BCUT2D eigenvalue weighted by atomic mass is 10.3. The summed E-state index contributed by atoms with van der Waals surface area (Å²) in [5.41, 5.74) is 2.74. The SMILES string of the molecule is CC(Cl)c1nc2cc(Cl)c(Cl)cc2n1-c1ccsc1. The van der Waals surface area contributed by atoms with Crippen molar-refractivity contribution in [2.24, 2.45) is 0 Å². The van der Waals surface area contributed by atoms with Crippen LogP contribution < -0.4 is 0 Å². The van der Waals surface area contributed by atoms with Crippen molar-refractivity contribution in [2.75, 3.05) is 0 Å². The molecule has 3 aromatic rings. The molecule has 3 rings (SSSR count). The Morgan fingerprint density at radius 1 is 1.26 bits per heavy atom. The predicted octanol–water partition coefficient (Wildman–Crippen LogP) is 5.69. The van der Waals surface area contributed by atoms with Gasteiger partial charge in [0.1, 0.15) is 5.82 Å². The molecule has 1 atom stereocenters. The molecule has 0 aliphatic rings. The molecule has 2 heterocycles. The van der Waals surface area contributed by atoms with Crippen LogP contribution in [0.4, 0.5) is 0 Å². The van der Waals surface area contributed by atoms with Crippen LogP contribution in [-0.4, -0.2) is 9.55 Å². The van der Waals surface area contributed by atoms with Gasteiger partial charge in [-0.1, -0.05) is 23.2 Å². The van der Waals surface area contributed by atoms with E-state index in [0.717, 1.165) is 22.5 Å². The van der Waals surface area contributed by atoms with Gasteiger partial charge in [0.05, 0.1) is 32.1 Å². The second kappa shape index (κ2) is 4.98. The molecule has 1 aromatic carbocycles. The minimum absolute atomic E-state index is 0.204. The Balaban J connectivity index is 2.39. The Morgan fingerprint density at radius 3 is 2.63 bits per heavy atom. The van der Waals surface area contributed by atoms with E-state index in [-0.39, 0.29) is 5.38 Å². The summed E-state index contributed by atoms with van der Waals surface area (Å²) in [6, 6.07) is 5.62. The fourth-order valence-electron chi connectivity index (χ4n) is 2.01. The lowest BCUT2D eigenvalue weighted by Gasteiger charge is -2.08. The standard InChI is InChI=1S/C13H9Cl3N2S/c1-7(14)13-17-11-4-9(15)10(16)5-12(11)18(13)8-2-3-19-6-8/h2-7H,1H3. The average Bonchev–Trinajstić information content (AvgIpc) is 2.96. The molecular formula is C13H9Cl3N2S. The molecule has 0 spiro atoms. The van der Waals surface area contributed by atoms with Crippen molar-refractivity contribution in [1.82, 2.24) is 9.55 Å². The molecule has 19 heavy (non-hydrogen) atoms. The molecular weight excluding hydrogens is 323 g/mol. The summed E-state index contributed by atoms with van der Waals surface area (Å²) in [5.74, 6) is 0.786. The summed E-state index contributed by atoms with van der Waals surface area (Å²) in [7, 11) is 0. The van der Waals surface area contributed by atoms with Gasteiger partial charge in [-0.05, 0) is 30.5 Å². The number of imidazole rings is 1. The van der Waals surface area contributed by atoms with Gasteiger partial charge in [0.25, 0.3) is 0 Å². The molecule has 98 valence electrons. The van der Waals surface area contributed by atoms with Crippen LogP contribution in [0.1, 0.15) is 18.1 Å². The highest BCUT2D eigenvalue weighted by Crippen LogP contribution is 2.33. The smallest absolute Gasteiger partial charge is 0.132 e. The van der Waals surface area contributed by atoms with Crippen LogP contribution in [0, 0.1) is 0 Å². The maximum absolute atomic E-state index is 6.23. The number of halogens is 3. The summed E-state index contributed by atoms with van der Waals surface area (Å²) in [4.78, 5) is 4.56. The highest BCUT2D eigenvalue weighted by molar-refractivity contribution is 7.08. The lowest BCUT2D eigenvalue weighted by Crippen LogP contribution is -2.00. The first-order valence-electron chi connectivity index (χ1n) is 5.62. The van der Waals surface area contributed by atoms with Gasteiger partial charge < -0.3 is 0 Å². The predicted molar refractivity (Wildman–Crippen MR) is 83.2 cm³/mol. The number of nitrogens with zero attached hydrogens (tertiary/aromatic N) is 2. The number of benzene rings is 1. The number of thiophene rings is 1. The first kappa shape index (κ1) is 13.3. The van der Waals surface area contributed by atoms with E-state index < -0.39 is 0 Å². The van der Waals surface area contributed by atoms with Crippen LogP contribution in [0.15, 0.2) is 29.0 Å². The second-order valence-electron chi connectivity index (χ2n) is 4.16. The Morgan fingerprint density at radius 2 is 2.00 bits per heavy atom. The fraction of sp³-hybridized carbons (Fsp3) is 0.154. The van der Waals surface area contributed by atoms with E-state index in [4.69, 9.17) is 34.8 Å². The largest absolute Gasteiger partial charge is 0.294 e. The molecule has 0 aliphatic carbocycles. The van der Waals surface area contributed by atoms with Gasteiger partial charge in [0.2, 0.25) is 0 Å². The first-order chi connectivity index (χ1) is 9.08. The van der Waals surface area contributed by atoms with Crippen LogP contribution in [0.25, 0.3) is 16.7 Å². The number of aromatic nitrogens is 2. The summed E-state index contributed by atoms with van der Waals surface area (Å²) < 4.78 is 2.02. The van der Waals surface area contributed by atoms with Gasteiger partial charge in [0, 0.05) is 5.38 Å². The van der Waals surface area contributed by atoms with Gasteiger partial charge in [-0.2, -0.15) is 11.3 Å². The van der Waals surface area contributed by atoms with Crippen LogP contribution in [0.2, 0.25) is 10.0 Å². The third kappa shape index (κ3) is 2.25. The van der Waals surface area contributed by atoms with E-state index in [0.29, 0.717) is 10.0 Å². The molecule has 2 aromatic heterocycles. The fourth-order valence-corrected chi connectivity index (χ4v) is 3.10. The minimum Gasteiger partial charge on any atom is -0.294 e. The van der Waals surface area contributed by atoms with Gasteiger partial charge in [-0.25, -0.2) is 4.98 Å². The van der Waals surface area contributed by atoms with E-state index in [1.54, 1.807) is 17.4 Å². The van der Waals surface area contributed by atoms with E-state index in [1.165, 1.54) is 0 Å². The molecule has 0 aliphatic heterocycles. The zero-order valence-electron chi connectivity index (χ0n) is 9.90. The Labute approximate surface area is 129 Å². The second-order valence-corrected chi connectivity index (χ2v) is 6.41. The number of hydrogen-bond donors (Lipinski definition) is 0. The molecule has 6 heteroatoms. The molecule has 2 nitrogen and oxygen atoms in total. The van der Waals surface area contributed by atoms with Crippen LogP contribution in [0.5, 0.6) is 0 Å². The molecule has 0 N–H and O–H groups in total. The molecule has 0 saturated carbocycles. The molecule has 0 saturated heterocycles. The van der Waals surface area contributed by atoms with E-state index >= 15 is 0 Å². The number of hydrogen-bond acceptors (Lipinski definition) is 2. The average molecular weight is 332 g/mol. The molecule has 0 bridgehead atoms. The number of alkyl halides is 1. The van der Waals surface area contributed by atoms with Crippen molar-refractivity contribution in [2.45, 2.75) is 12.3 Å². The van der Waals surface area contributed by atoms with Crippen LogP contribution in [0.3, 0.4) is 0 Å². The molecule has 0 amide bonds. The van der Waals surface area contributed by atoms with Crippen molar-refractivity contribution in [3.8, 4) is 5.69 Å². The van der Waals surface area contributed by atoms with Crippen molar-refractivity contribution in [3.05, 3.63) is 44.8 Å². The quantitative estimate of drug-likeness (QED) is 0.551. The minimum atomic E-state index is -0.204. The highest BCUT2D eigenvalue weighted by Gasteiger charge is 2.17. The number of rotatable bonds is 2. The van der Waals surface area contributed by atoms with Gasteiger partial charge >= 0.3 is 0 Å². The van der Waals surface area contributed by atoms with Gasteiger partial charge in [-0.3, -0.25) is 4.57 Å². The molecule has 0 radical (unpaired) electrons. The van der Waals surface area contributed by atoms with Gasteiger partial charge in [0.15, 0.2) is 0 Å². The Bertz CT molecular complexity index is 732. The summed E-state index contributed by atoms with van der Waals surface area (Å²) in [6.45, 7) is 1.90. The van der Waals surface area contributed by atoms with Crippen molar-refractivity contribution in [3.63, 3.8) is 0 Å². The normalized spacial score (nSPS) is 13.1. The third-order valence-corrected chi connectivity index (χ3v) is 4.43. The van der Waals surface area contributed by atoms with E-state index in [2.05, 4.69) is 4.98 Å². The first-order valence-corrected chi connectivity index (χ1v) is 7.75. The Kier molecular flexibility index (Phi) is 3.48. The Hall–Kier alpha value is -0.740. The molecule has 0 fully saturated rings. The maximum atomic E-state index is 6.23. The maximum Gasteiger partial charge on any atom is 0.132 e. The highest BCUT2D eigenvalue weighted by atomic mass is 35.5. The van der Waals surface area contributed by atoms with Gasteiger partial charge in [-0.15, -0.1) is 11.6 Å². The molecule has 1 unspecified atom stereocenters. The van der Waals surface area contributed by atoms with Crippen molar-refractivity contribution >= 4 is 57.2 Å². The summed E-state index contributed by atoms with van der Waals surface area (Å²) in [5, 5.41) is 4.87. The van der Waals surface area contributed by atoms with E-state index in [9.17, 15) is 0 Å². The lowest BCUT2D eigenvalue weighted by molar-refractivity contribution is 0.885. The summed E-state index contributed by atoms with van der Waals surface area (Å²) in [6.07, 6.45) is 0. The van der Waals surface area contributed by atoms with Crippen molar-refractivity contribution in [1.29, 1.82) is 0 Å². The van der Waals surface area contributed by atoms with Crippen molar-refractivity contribution < 1.29 is 0 Å². The topological polar surface area (TPSA) is 17.8 Å². The zero-order valence-corrected chi connectivity index (χ0v) is 13.0. The third-order valence-electron chi connectivity index (χ3n) is 2.84. The van der Waals surface area contributed by atoms with Crippen LogP contribution >= 0.6 is 46.1 Å². The zero-order chi connectivity index (χ0) is 13.6. The summed E-state index contributed by atoms with van der Waals surface area (Å²) >= 11 is 20.0.